The summed E-state index contributed by atoms with van der Waals surface area (Å²) in [5.74, 6) is 0.0185. The summed E-state index contributed by atoms with van der Waals surface area (Å²) in [6.45, 7) is 2.37. The molecule has 0 aliphatic carbocycles. The van der Waals surface area contributed by atoms with Crippen molar-refractivity contribution in [2.75, 3.05) is 24.5 Å². The molecule has 138 valence electrons. The molecule has 1 aliphatic heterocycles. The monoisotopic (exact) mass is 364 g/mol. The van der Waals surface area contributed by atoms with Crippen LogP contribution in [0.15, 0.2) is 60.8 Å². The molecule has 4 rings (SSSR count). The molecule has 6 heteroatoms. The lowest BCUT2D eigenvalue weighted by molar-refractivity contribution is 0.0949. The molecule has 0 spiro atoms. The summed E-state index contributed by atoms with van der Waals surface area (Å²) in [6, 6.07) is 16.3. The zero-order valence-corrected chi connectivity index (χ0v) is 14.9. The molecule has 3 aromatic rings. The average Bonchev–Trinajstić information content (AvgIpc) is 3.37. The minimum Gasteiger partial charge on any atom is -0.371 e. The Hall–Kier alpha value is -3.15. The molecule has 2 N–H and O–H groups in total. The number of nitrogens with zero attached hydrogens (tertiary/aromatic N) is 2. The molecule has 27 heavy (non-hydrogen) atoms. The van der Waals surface area contributed by atoms with Gasteiger partial charge in [-0.3, -0.25) is 9.89 Å². The van der Waals surface area contributed by atoms with E-state index in [1.165, 1.54) is 12.1 Å². The first-order valence-electron chi connectivity index (χ1n) is 9.08. The van der Waals surface area contributed by atoms with Crippen molar-refractivity contribution in [2.45, 2.75) is 6.42 Å². The molecular weight excluding hydrogens is 343 g/mol. The topological polar surface area (TPSA) is 61.0 Å². The van der Waals surface area contributed by atoms with Crippen molar-refractivity contribution in [3.63, 3.8) is 0 Å². The second kappa shape index (κ2) is 7.61. The van der Waals surface area contributed by atoms with Crippen LogP contribution in [0, 0.1) is 11.7 Å². The first-order chi connectivity index (χ1) is 13.2. The summed E-state index contributed by atoms with van der Waals surface area (Å²) < 4.78 is 13.1. The van der Waals surface area contributed by atoms with Crippen LogP contribution in [0.1, 0.15) is 16.8 Å². The molecular formula is C21H21FN4O. The minimum atomic E-state index is -0.226. The van der Waals surface area contributed by atoms with E-state index in [1.54, 1.807) is 18.3 Å². The van der Waals surface area contributed by atoms with Gasteiger partial charge in [-0.2, -0.15) is 5.10 Å². The van der Waals surface area contributed by atoms with E-state index in [0.717, 1.165) is 36.5 Å². The summed E-state index contributed by atoms with van der Waals surface area (Å²) in [6.07, 6.45) is 2.56. The summed E-state index contributed by atoms with van der Waals surface area (Å²) in [5, 5.41) is 9.98. The van der Waals surface area contributed by atoms with Gasteiger partial charge in [0.25, 0.3) is 5.91 Å². The van der Waals surface area contributed by atoms with E-state index >= 15 is 0 Å². The highest BCUT2D eigenvalue weighted by atomic mass is 19.1. The Labute approximate surface area is 157 Å². The molecule has 0 unspecified atom stereocenters. The Balaban J connectivity index is 1.35. The Morgan fingerprint density at radius 2 is 1.96 bits per heavy atom. The van der Waals surface area contributed by atoms with E-state index in [0.29, 0.717) is 18.0 Å². The lowest BCUT2D eigenvalue weighted by Gasteiger charge is -2.18. The predicted molar refractivity (Wildman–Crippen MR) is 103 cm³/mol. The van der Waals surface area contributed by atoms with Gasteiger partial charge in [0.05, 0.1) is 17.5 Å². The number of benzene rings is 2. The largest absolute Gasteiger partial charge is 0.371 e. The van der Waals surface area contributed by atoms with Crippen molar-refractivity contribution in [1.29, 1.82) is 0 Å². The van der Waals surface area contributed by atoms with Crippen LogP contribution in [0.4, 0.5) is 10.1 Å². The van der Waals surface area contributed by atoms with Crippen LogP contribution in [0.25, 0.3) is 11.3 Å². The summed E-state index contributed by atoms with van der Waals surface area (Å²) in [7, 11) is 0. The third-order valence-corrected chi connectivity index (χ3v) is 4.98. The molecule has 5 nitrogen and oxygen atoms in total. The highest BCUT2D eigenvalue weighted by molar-refractivity contribution is 5.99. The number of aromatic amines is 1. The second-order valence-electron chi connectivity index (χ2n) is 6.81. The Morgan fingerprint density at radius 1 is 1.19 bits per heavy atom. The highest BCUT2D eigenvalue weighted by Crippen LogP contribution is 2.24. The molecule has 0 radical (unpaired) electrons. The molecule has 2 heterocycles. The molecule has 1 saturated heterocycles. The van der Waals surface area contributed by atoms with Gasteiger partial charge in [-0.25, -0.2) is 4.39 Å². The SMILES string of the molecule is O=C(NC[C@H]1CCN(c2ccc(F)cc2)C1)c1cn[nH]c1-c1ccccc1. The van der Waals surface area contributed by atoms with Gasteiger partial charge in [0.1, 0.15) is 5.82 Å². The van der Waals surface area contributed by atoms with E-state index in [4.69, 9.17) is 0 Å². The smallest absolute Gasteiger partial charge is 0.255 e. The fraction of sp³-hybridized carbons (Fsp3) is 0.238. The lowest BCUT2D eigenvalue weighted by Crippen LogP contribution is -2.31. The Morgan fingerprint density at radius 3 is 2.74 bits per heavy atom. The number of hydrogen-bond acceptors (Lipinski definition) is 3. The quantitative estimate of drug-likeness (QED) is 0.729. The zero-order chi connectivity index (χ0) is 18.6. The zero-order valence-electron chi connectivity index (χ0n) is 14.9. The third-order valence-electron chi connectivity index (χ3n) is 4.98. The van der Waals surface area contributed by atoms with Crippen LogP contribution >= 0.6 is 0 Å². The van der Waals surface area contributed by atoms with E-state index in [2.05, 4.69) is 20.4 Å². The van der Waals surface area contributed by atoms with Crippen molar-refractivity contribution < 1.29 is 9.18 Å². The van der Waals surface area contributed by atoms with Gasteiger partial charge in [-0.05, 0) is 36.6 Å². The van der Waals surface area contributed by atoms with Gasteiger partial charge in [-0.1, -0.05) is 30.3 Å². The van der Waals surface area contributed by atoms with E-state index in [-0.39, 0.29) is 11.7 Å². The molecule has 1 atom stereocenters. The number of carbonyl (C=O) groups is 1. The number of nitrogens with one attached hydrogen (secondary N) is 2. The molecule has 0 bridgehead atoms. The van der Waals surface area contributed by atoms with E-state index in [9.17, 15) is 9.18 Å². The number of rotatable bonds is 5. The minimum absolute atomic E-state index is 0.122. The van der Waals surface area contributed by atoms with Gasteiger partial charge in [0, 0.05) is 30.9 Å². The van der Waals surface area contributed by atoms with Crippen LogP contribution in [0.5, 0.6) is 0 Å². The first-order valence-corrected chi connectivity index (χ1v) is 9.08. The Bertz CT molecular complexity index is 907. The fourth-order valence-electron chi connectivity index (χ4n) is 3.50. The van der Waals surface area contributed by atoms with E-state index < -0.39 is 0 Å². The highest BCUT2D eigenvalue weighted by Gasteiger charge is 2.24. The predicted octanol–water partition coefficient (Wildman–Crippen LogP) is 3.47. The molecule has 1 aliphatic rings. The van der Waals surface area contributed by atoms with Crippen LogP contribution in [-0.2, 0) is 0 Å². The van der Waals surface area contributed by atoms with Crippen LogP contribution < -0.4 is 10.2 Å². The summed E-state index contributed by atoms with van der Waals surface area (Å²) in [4.78, 5) is 14.8. The van der Waals surface area contributed by atoms with Crippen molar-refractivity contribution >= 4 is 11.6 Å². The van der Waals surface area contributed by atoms with Gasteiger partial charge in [-0.15, -0.1) is 0 Å². The average molecular weight is 364 g/mol. The maximum atomic E-state index is 13.1. The van der Waals surface area contributed by atoms with Crippen LogP contribution in [0.2, 0.25) is 0 Å². The number of carbonyl (C=O) groups excluding carboxylic acids is 1. The van der Waals surface area contributed by atoms with Crippen molar-refractivity contribution in [3.05, 3.63) is 72.2 Å². The second-order valence-corrected chi connectivity index (χ2v) is 6.81. The molecule has 1 amide bonds. The number of halogens is 1. The van der Waals surface area contributed by atoms with Gasteiger partial charge in [0.2, 0.25) is 0 Å². The number of aromatic nitrogens is 2. The molecule has 0 saturated carbocycles. The van der Waals surface area contributed by atoms with Crippen molar-refractivity contribution in [3.8, 4) is 11.3 Å². The summed E-state index contributed by atoms with van der Waals surface area (Å²) in [5.41, 5.74) is 3.23. The maximum Gasteiger partial charge on any atom is 0.255 e. The van der Waals surface area contributed by atoms with Crippen LogP contribution in [-0.4, -0.2) is 35.7 Å². The molecule has 1 aromatic heterocycles. The first kappa shape index (κ1) is 17.3. The van der Waals surface area contributed by atoms with Gasteiger partial charge >= 0.3 is 0 Å². The van der Waals surface area contributed by atoms with Gasteiger partial charge in [0.15, 0.2) is 0 Å². The maximum absolute atomic E-state index is 13.1. The number of anilines is 1. The normalized spacial score (nSPS) is 16.5. The van der Waals surface area contributed by atoms with E-state index in [1.807, 2.05) is 30.3 Å². The number of H-pyrrole nitrogens is 1. The molecule has 2 aromatic carbocycles. The van der Waals surface area contributed by atoms with Gasteiger partial charge < -0.3 is 10.2 Å². The third kappa shape index (κ3) is 3.84. The standard InChI is InChI=1S/C21H21FN4O/c22-17-6-8-18(9-7-17)26-11-10-15(14-26)12-23-21(27)19-13-24-25-20(19)16-4-2-1-3-5-16/h1-9,13,15H,10-12,14H2,(H,23,27)(H,24,25)/t15-/m1/s1. The van der Waals surface area contributed by atoms with Crippen LogP contribution in [0.3, 0.4) is 0 Å². The van der Waals surface area contributed by atoms with Crippen molar-refractivity contribution in [2.24, 2.45) is 5.92 Å². The molecule has 1 fully saturated rings. The Kier molecular flexibility index (Phi) is 4.87. The lowest BCUT2D eigenvalue weighted by atomic mass is 10.1. The summed E-state index contributed by atoms with van der Waals surface area (Å²) >= 11 is 0. The van der Waals surface area contributed by atoms with Crippen molar-refractivity contribution in [1.82, 2.24) is 15.5 Å². The number of amides is 1. The number of hydrogen-bond donors (Lipinski definition) is 2. The fourth-order valence-corrected chi connectivity index (χ4v) is 3.50.